The molecule has 13 nitrogen and oxygen atoms in total. The zero-order valence-electron chi connectivity index (χ0n) is 22.7. The Labute approximate surface area is 237 Å². The van der Waals surface area contributed by atoms with Gasteiger partial charge in [-0.2, -0.15) is 0 Å². The lowest BCUT2D eigenvalue weighted by atomic mass is 10.1. The average molecular weight is 567 g/mol. The maximum atomic E-state index is 13.3. The highest BCUT2D eigenvalue weighted by Crippen LogP contribution is 2.30. The standard InChI is InChI=1S/C28H34N6O7/c1-30-15-20-3-2-4-21-25(20)41-14-13-40-12-11-39-10-9-34(17-23(35)36)28(38)19-7-5-18(6-8-19)22-16-31-26(29)24(32-22)27(37)33-21/h2-8,16,28,30,38H,9-15,17H2,1H3,(H2,29,31)(H,33,37)(H,35,36). The predicted molar refractivity (Wildman–Crippen MR) is 150 cm³/mol. The molecule has 6 N–H and O–H groups in total. The number of fused-ring (bicyclic) bond motifs is 13. The number of rotatable bonds is 4. The maximum absolute atomic E-state index is 13.3. The molecule has 41 heavy (non-hydrogen) atoms. The third-order valence-corrected chi connectivity index (χ3v) is 6.29. The summed E-state index contributed by atoms with van der Waals surface area (Å²) < 4.78 is 17.2. The molecule has 1 atom stereocenters. The summed E-state index contributed by atoms with van der Waals surface area (Å²) in [5.41, 5.74) is 8.75. The minimum atomic E-state index is -1.18. The second-order valence-electron chi connectivity index (χ2n) is 9.20. The van der Waals surface area contributed by atoms with Crippen LogP contribution in [-0.4, -0.2) is 90.1 Å². The molecule has 1 unspecified atom stereocenters. The Morgan fingerprint density at radius 2 is 1.85 bits per heavy atom. The molecule has 3 heterocycles. The van der Waals surface area contributed by atoms with Crippen molar-refractivity contribution in [2.45, 2.75) is 12.8 Å². The van der Waals surface area contributed by atoms with Gasteiger partial charge in [-0.1, -0.05) is 36.4 Å². The van der Waals surface area contributed by atoms with Crippen LogP contribution < -0.4 is 21.1 Å². The van der Waals surface area contributed by atoms with E-state index in [4.69, 9.17) is 19.9 Å². The normalized spacial score (nSPS) is 17.4. The first-order chi connectivity index (χ1) is 19.9. The van der Waals surface area contributed by atoms with Crippen LogP contribution in [0.3, 0.4) is 0 Å². The largest absolute Gasteiger partial charge is 0.489 e. The van der Waals surface area contributed by atoms with Crippen LogP contribution in [0.5, 0.6) is 5.75 Å². The minimum absolute atomic E-state index is 0.0403. The number of anilines is 2. The number of hydrogen-bond donors (Lipinski definition) is 5. The fraction of sp³-hybridized carbons (Fsp3) is 0.357. The highest BCUT2D eigenvalue weighted by molar-refractivity contribution is 6.06. The molecule has 0 fully saturated rings. The van der Waals surface area contributed by atoms with E-state index in [9.17, 15) is 19.8 Å². The zero-order valence-corrected chi connectivity index (χ0v) is 22.7. The number of nitrogens with one attached hydrogen (secondary N) is 2. The lowest BCUT2D eigenvalue weighted by Gasteiger charge is -2.26. The number of benzene rings is 2. The van der Waals surface area contributed by atoms with E-state index in [1.165, 1.54) is 11.1 Å². The number of aliphatic carboxylic acids is 1. The van der Waals surface area contributed by atoms with Crippen molar-refractivity contribution in [2.75, 3.05) is 64.2 Å². The SMILES string of the molecule is CNCc1cccc2c1OCCOCCOCCN(CC(=O)O)C(O)c1ccc(cc1)-c1cnc(N)c(n1)C(=O)N2. The molecule has 218 valence electrons. The molecule has 1 amide bonds. The van der Waals surface area contributed by atoms with Gasteiger partial charge in [0.25, 0.3) is 5.91 Å². The van der Waals surface area contributed by atoms with Crippen LogP contribution >= 0.6 is 0 Å². The van der Waals surface area contributed by atoms with Crippen molar-refractivity contribution in [3.8, 4) is 17.0 Å². The van der Waals surface area contributed by atoms with Crippen LogP contribution in [0.15, 0.2) is 48.7 Å². The summed E-state index contributed by atoms with van der Waals surface area (Å²) >= 11 is 0. The summed E-state index contributed by atoms with van der Waals surface area (Å²) in [5, 5.41) is 26.2. The molecule has 2 aliphatic heterocycles. The zero-order chi connectivity index (χ0) is 29.2. The van der Waals surface area contributed by atoms with Gasteiger partial charge in [0.2, 0.25) is 0 Å². The topological polar surface area (TPSA) is 181 Å². The van der Waals surface area contributed by atoms with E-state index in [0.29, 0.717) is 41.4 Å². The van der Waals surface area contributed by atoms with Gasteiger partial charge in [-0.05, 0) is 18.7 Å². The number of para-hydroxylation sites is 1. The van der Waals surface area contributed by atoms with Crippen LogP contribution in [0, 0.1) is 0 Å². The van der Waals surface area contributed by atoms with E-state index in [-0.39, 0.29) is 51.0 Å². The lowest BCUT2D eigenvalue weighted by molar-refractivity contribution is -0.142. The number of nitrogens with zero attached hydrogens (tertiary/aromatic N) is 3. The van der Waals surface area contributed by atoms with Crippen molar-refractivity contribution in [1.82, 2.24) is 20.2 Å². The molecule has 2 aromatic carbocycles. The summed E-state index contributed by atoms with van der Waals surface area (Å²) in [6.07, 6.45) is 0.272. The van der Waals surface area contributed by atoms with Gasteiger partial charge in [-0.3, -0.25) is 14.5 Å². The summed E-state index contributed by atoms with van der Waals surface area (Å²) in [5.74, 6) is -1.18. The molecule has 0 saturated heterocycles. The first-order valence-corrected chi connectivity index (χ1v) is 13.1. The molecule has 4 bridgehead atoms. The van der Waals surface area contributed by atoms with E-state index in [1.54, 1.807) is 30.3 Å². The molecule has 13 heteroatoms. The highest BCUT2D eigenvalue weighted by Gasteiger charge is 2.22. The number of carboxylic acid groups (broad SMARTS) is 1. The molecule has 0 spiro atoms. The van der Waals surface area contributed by atoms with E-state index in [1.807, 2.05) is 19.2 Å². The summed E-state index contributed by atoms with van der Waals surface area (Å²) in [7, 11) is 1.81. The maximum Gasteiger partial charge on any atom is 0.317 e. The highest BCUT2D eigenvalue weighted by atomic mass is 16.5. The van der Waals surface area contributed by atoms with Gasteiger partial charge in [-0.25, -0.2) is 9.97 Å². The average Bonchev–Trinajstić information content (AvgIpc) is 2.96. The Bertz CT molecular complexity index is 1340. The smallest absolute Gasteiger partial charge is 0.317 e. The number of carbonyl (C=O) groups excluding carboxylic acids is 1. The van der Waals surface area contributed by atoms with Gasteiger partial charge < -0.3 is 40.8 Å². The van der Waals surface area contributed by atoms with Crippen molar-refractivity contribution >= 4 is 23.4 Å². The molecule has 5 rings (SSSR count). The Morgan fingerprint density at radius 1 is 1.12 bits per heavy atom. The number of hydrogen-bond acceptors (Lipinski definition) is 11. The number of carboxylic acids is 1. The van der Waals surface area contributed by atoms with Gasteiger partial charge >= 0.3 is 5.97 Å². The van der Waals surface area contributed by atoms with Gasteiger partial charge in [0.15, 0.2) is 11.5 Å². The molecular weight excluding hydrogens is 532 g/mol. The number of nitrogen functional groups attached to an aromatic ring is 1. The number of aromatic nitrogens is 2. The summed E-state index contributed by atoms with van der Waals surface area (Å²) in [6.45, 7) is 1.58. The fourth-order valence-electron chi connectivity index (χ4n) is 4.27. The van der Waals surface area contributed by atoms with E-state index >= 15 is 0 Å². The van der Waals surface area contributed by atoms with Gasteiger partial charge in [0.05, 0.1) is 50.6 Å². The third-order valence-electron chi connectivity index (χ3n) is 6.29. The Balaban J connectivity index is 1.66. The third kappa shape index (κ3) is 7.96. The van der Waals surface area contributed by atoms with Crippen molar-refractivity contribution in [1.29, 1.82) is 0 Å². The van der Waals surface area contributed by atoms with Crippen molar-refractivity contribution in [3.05, 3.63) is 65.5 Å². The molecular formula is C28H34N6O7. The molecule has 0 aliphatic carbocycles. The van der Waals surface area contributed by atoms with Crippen LogP contribution in [-0.2, 0) is 20.8 Å². The van der Waals surface area contributed by atoms with Crippen LogP contribution in [0.2, 0.25) is 0 Å². The minimum Gasteiger partial charge on any atom is -0.489 e. The van der Waals surface area contributed by atoms with Crippen molar-refractivity contribution in [3.63, 3.8) is 0 Å². The van der Waals surface area contributed by atoms with E-state index in [0.717, 1.165) is 5.56 Å². The van der Waals surface area contributed by atoms with Gasteiger partial charge in [-0.15, -0.1) is 0 Å². The van der Waals surface area contributed by atoms with Gasteiger partial charge in [0, 0.05) is 24.2 Å². The number of carbonyl (C=O) groups is 2. The second-order valence-corrected chi connectivity index (χ2v) is 9.20. The Morgan fingerprint density at radius 3 is 2.59 bits per heavy atom. The van der Waals surface area contributed by atoms with E-state index < -0.39 is 18.1 Å². The second kappa shape index (κ2) is 14.5. The Kier molecular flexibility index (Phi) is 10.5. The molecule has 1 aromatic heterocycles. The van der Waals surface area contributed by atoms with Crippen molar-refractivity contribution in [2.24, 2.45) is 0 Å². The van der Waals surface area contributed by atoms with E-state index in [2.05, 4.69) is 20.6 Å². The van der Waals surface area contributed by atoms with Crippen LogP contribution in [0.25, 0.3) is 11.3 Å². The number of aliphatic hydroxyl groups is 1. The predicted octanol–water partition coefficient (Wildman–Crippen LogP) is 1.50. The van der Waals surface area contributed by atoms with Crippen LogP contribution in [0.4, 0.5) is 11.5 Å². The summed E-state index contributed by atoms with van der Waals surface area (Å²) in [4.78, 5) is 34.7. The first kappa shape index (κ1) is 29.8. The summed E-state index contributed by atoms with van der Waals surface area (Å²) in [6, 6.07) is 12.1. The Hall–Kier alpha value is -4.14. The number of nitrogens with two attached hydrogens (primary N) is 1. The van der Waals surface area contributed by atoms with Gasteiger partial charge in [0.1, 0.15) is 18.6 Å². The molecule has 0 radical (unpaired) electrons. The monoisotopic (exact) mass is 566 g/mol. The quantitative estimate of drug-likeness (QED) is 0.288. The van der Waals surface area contributed by atoms with Crippen LogP contribution in [0.1, 0.15) is 27.8 Å². The lowest BCUT2D eigenvalue weighted by Crippen LogP contribution is -2.36. The number of aliphatic hydroxyl groups excluding tert-OH is 1. The first-order valence-electron chi connectivity index (χ1n) is 13.1. The molecule has 3 aromatic rings. The fourth-order valence-corrected chi connectivity index (χ4v) is 4.27. The number of ether oxygens (including phenoxy) is 3. The molecule has 0 saturated carbocycles. The molecule has 2 aliphatic rings. The number of amides is 1. The van der Waals surface area contributed by atoms with Crippen molar-refractivity contribution < 1.29 is 34.0 Å².